The molecule has 1 aliphatic carbocycles. The Morgan fingerprint density at radius 1 is 0.815 bits per heavy atom. The largest absolute Gasteiger partial charge is 0.303 e. The third-order valence-corrected chi connectivity index (χ3v) is 8.64. The molecule has 0 atom stereocenters. The first kappa shape index (κ1) is 19.4. The SMILES string of the molecule is O=S(=O)(c1ccc2c(c1)CCCC2)N1CCC(CN2CCCCCC2)CC1. The molecule has 0 spiro atoms. The number of benzene rings is 1. The maximum Gasteiger partial charge on any atom is 0.243 e. The highest BCUT2D eigenvalue weighted by Gasteiger charge is 2.30. The fourth-order valence-corrected chi connectivity index (χ4v) is 6.56. The summed E-state index contributed by atoms with van der Waals surface area (Å²) in [5.74, 6) is 0.651. The van der Waals surface area contributed by atoms with Gasteiger partial charge in [-0.2, -0.15) is 4.31 Å². The van der Waals surface area contributed by atoms with Crippen LogP contribution in [0.5, 0.6) is 0 Å². The first-order valence-corrected chi connectivity index (χ1v) is 12.4. The van der Waals surface area contributed by atoms with Crippen molar-refractivity contribution in [2.45, 2.75) is 69.1 Å². The average Bonchev–Trinajstić information content (AvgIpc) is 2.97. The van der Waals surface area contributed by atoms with Crippen molar-refractivity contribution >= 4 is 10.0 Å². The Morgan fingerprint density at radius 2 is 1.48 bits per heavy atom. The van der Waals surface area contributed by atoms with Crippen LogP contribution in [-0.2, 0) is 22.9 Å². The van der Waals surface area contributed by atoms with Gasteiger partial charge >= 0.3 is 0 Å². The fourth-order valence-electron chi connectivity index (χ4n) is 5.04. The monoisotopic (exact) mass is 390 g/mol. The van der Waals surface area contributed by atoms with Crippen molar-refractivity contribution in [1.82, 2.24) is 9.21 Å². The van der Waals surface area contributed by atoms with Crippen molar-refractivity contribution in [3.8, 4) is 0 Å². The zero-order chi connectivity index (χ0) is 18.7. The van der Waals surface area contributed by atoms with Crippen molar-refractivity contribution in [2.75, 3.05) is 32.7 Å². The number of sulfonamides is 1. The van der Waals surface area contributed by atoms with E-state index in [4.69, 9.17) is 0 Å². The molecule has 5 heteroatoms. The predicted octanol–water partition coefficient (Wildman–Crippen LogP) is 3.84. The van der Waals surface area contributed by atoms with Crippen LogP contribution in [0.1, 0.15) is 62.5 Å². The number of hydrogen-bond acceptors (Lipinski definition) is 3. The molecular weight excluding hydrogens is 356 g/mol. The molecule has 2 saturated heterocycles. The van der Waals surface area contributed by atoms with Gasteiger partial charge in [0.2, 0.25) is 10.0 Å². The molecule has 0 aromatic heterocycles. The van der Waals surface area contributed by atoms with Crippen molar-refractivity contribution < 1.29 is 8.42 Å². The van der Waals surface area contributed by atoms with Gasteiger partial charge in [0, 0.05) is 19.6 Å². The maximum atomic E-state index is 13.1. The lowest BCUT2D eigenvalue weighted by molar-refractivity contribution is 0.186. The molecule has 0 N–H and O–H groups in total. The molecule has 2 fully saturated rings. The number of fused-ring (bicyclic) bond motifs is 1. The molecule has 1 aromatic rings. The van der Waals surface area contributed by atoms with E-state index in [9.17, 15) is 8.42 Å². The lowest BCUT2D eigenvalue weighted by Gasteiger charge is -2.34. The van der Waals surface area contributed by atoms with E-state index < -0.39 is 10.0 Å². The second kappa shape index (κ2) is 8.62. The summed E-state index contributed by atoms with van der Waals surface area (Å²) in [4.78, 5) is 3.12. The highest BCUT2D eigenvalue weighted by molar-refractivity contribution is 7.89. The Bertz CT molecular complexity index is 731. The molecule has 0 bridgehead atoms. The lowest BCUT2D eigenvalue weighted by atomic mass is 9.92. The van der Waals surface area contributed by atoms with Gasteiger partial charge in [-0.1, -0.05) is 18.9 Å². The van der Waals surface area contributed by atoms with E-state index in [1.54, 1.807) is 4.31 Å². The quantitative estimate of drug-likeness (QED) is 0.784. The second-order valence-electron chi connectivity index (χ2n) is 8.70. The molecule has 3 aliphatic rings. The zero-order valence-electron chi connectivity index (χ0n) is 16.5. The lowest BCUT2D eigenvalue weighted by Crippen LogP contribution is -2.41. The molecule has 0 radical (unpaired) electrons. The minimum atomic E-state index is -3.34. The van der Waals surface area contributed by atoms with Gasteiger partial charge < -0.3 is 4.90 Å². The van der Waals surface area contributed by atoms with E-state index in [1.165, 1.54) is 62.7 Å². The summed E-state index contributed by atoms with van der Waals surface area (Å²) in [6, 6.07) is 5.84. The first-order chi connectivity index (χ1) is 13.1. The summed E-state index contributed by atoms with van der Waals surface area (Å²) in [5.41, 5.74) is 2.59. The van der Waals surface area contributed by atoms with Crippen LogP contribution in [0.15, 0.2) is 23.1 Å². The summed E-state index contributed by atoms with van der Waals surface area (Å²) in [5, 5.41) is 0. The molecule has 0 saturated carbocycles. The Morgan fingerprint density at radius 3 is 2.19 bits per heavy atom. The van der Waals surface area contributed by atoms with Gasteiger partial charge in [0.25, 0.3) is 0 Å². The van der Waals surface area contributed by atoms with Crippen molar-refractivity contribution in [3.63, 3.8) is 0 Å². The summed E-state index contributed by atoms with van der Waals surface area (Å²) in [6.45, 7) is 4.98. The maximum absolute atomic E-state index is 13.1. The molecule has 4 nitrogen and oxygen atoms in total. The summed E-state index contributed by atoms with van der Waals surface area (Å²) in [7, 11) is -3.34. The first-order valence-electron chi connectivity index (χ1n) is 11.0. The smallest absolute Gasteiger partial charge is 0.243 e. The van der Waals surface area contributed by atoms with E-state index in [2.05, 4.69) is 4.90 Å². The van der Waals surface area contributed by atoms with E-state index in [0.717, 1.165) is 32.2 Å². The molecule has 4 rings (SSSR count). The average molecular weight is 391 g/mol. The standard InChI is InChI=1S/C22H34N2O2S/c25-27(26,22-10-9-20-7-3-4-8-21(20)17-22)24-15-11-19(12-16-24)18-23-13-5-1-2-6-14-23/h9-10,17,19H,1-8,11-16,18H2. The minimum absolute atomic E-state index is 0.508. The van der Waals surface area contributed by atoms with Crippen LogP contribution in [0.25, 0.3) is 0 Å². The molecule has 1 aromatic carbocycles. The van der Waals surface area contributed by atoms with Crippen LogP contribution >= 0.6 is 0 Å². The predicted molar refractivity (Wildman–Crippen MR) is 109 cm³/mol. The van der Waals surface area contributed by atoms with Crippen LogP contribution in [-0.4, -0.2) is 50.3 Å². The van der Waals surface area contributed by atoms with Crippen molar-refractivity contribution in [2.24, 2.45) is 5.92 Å². The van der Waals surface area contributed by atoms with Crippen LogP contribution in [0, 0.1) is 5.92 Å². The molecule has 2 aliphatic heterocycles. The topological polar surface area (TPSA) is 40.6 Å². The fraction of sp³-hybridized carbons (Fsp3) is 0.727. The van der Waals surface area contributed by atoms with E-state index >= 15 is 0 Å². The van der Waals surface area contributed by atoms with Crippen LogP contribution in [0.3, 0.4) is 0 Å². The van der Waals surface area contributed by atoms with Crippen molar-refractivity contribution in [3.05, 3.63) is 29.3 Å². The van der Waals surface area contributed by atoms with Gasteiger partial charge in [-0.3, -0.25) is 0 Å². The van der Waals surface area contributed by atoms with Crippen LogP contribution in [0.4, 0.5) is 0 Å². The van der Waals surface area contributed by atoms with E-state index in [-0.39, 0.29) is 0 Å². The Kier molecular flexibility index (Phi) is 6.20. The minimum Gasteiger partial charge on any atom is -0.303 e. The number of hydrogen-bond donors (Lipinski definition) is 0. The normalized spacial score (nSPS) is 23.7. The number of piperidine rings is 1. The highest BCUT2D eigenvalue weighted by atomic mass is 32.2. The Labute approximate surface area is 165 Å². The summed E-state index contributed by atoms with van der Waals surface area (Å²) < 4.78 is 28.0. The summed E-state index contributed by atoms with van der Waals surface area (Å²) >= 11 is 0. The number of aryl methyl sites for hydroxylation is 2. The van der Waals surface area contributed by atoms with Crippen molar-refractivity contribution in [1.29, 1.82) is 0 Å². The molecule has 27 heavy (non-hydrogen) atoms. The van der Waals surface area contributed by atoms with Crippen LogP contribution < -0.4 is 0 Å². The van der Waals surface area contributed by atoms with Gasteiger partial charge in [-0.05, 0) is 93.6 Å². The number of nitrogens with zero attached hydrogens (tertiary/aromatic N) is 2. The van der Waals surface area contributed by atoms with Gasteiger partial charge in [0.15, 0.2) is 0 Å². The van der Waals surface area contributed by atoms with E-state index in [1.807, 2.05) is 18.2 Å². The Hall–Kier alpha value is -0.910. The third-order valence-electron chi connectivity index (χ3n) is 6.75. The van der Waals surface area contributed by atoms with Gasteiger partial charge in [-0.25, -0.2) is 8.42 Å². The summed E-state index contributed by atoms with van der Waals surface area (Å²) in [6.07, 6.45) is 11.9. The third kappa shape index (κ3) is 4.57. The molecular formula is C22H34N2O2S. The zero-order valence-corrected chi connectivity index (χ0v) is 17.4. The number of rotatable bonds is 4. The van der Waals surface area contributed by atoms with E-state index in [0.29, 0.717) is 23.9 Å². The molecule has 0 unspecified atom stereocenters. The number of likely N-dealkylation sites (tertiary alicyclic amines) is 1. The van der Waals surface area contributed by atoms with Gasteiger partial charge in [0.05, 0.1) is 4.90 Å². The second-order valence-corrected chi connectivity index (χ2v) is 10.6. The Balaban J connectivity index is 1.37. The van der Waals surface area contributed by atoms with Gasteiger partial charge in [-0.15, -0.1) is 0 Å². The van der Waals surface area contributed by atoms with Crippen LogP contribution in [0.2, 0.25) is 0 Å². The molecule has 0 amide bonds. The highest BCUT2D eigenvalue weighted by Crippen LogP contribution is 2.28. The molecule has 2 heterocycles. The van der Waals surface area contributed by atoms with Gasteiger partial charge in [0.1, 0.15) is 0 Å². The molecule has 150 valence electrons.